The fraction of sp³-hybridized carbons (Fsp3) is 0.381. The van der Waals surface area contributed by atoms with Crippen LogP contribution in [0.4, 0.5) is 13.2 Å². The summed E-state index contributed by atoms with van der Waals surface area (Å²) in [5, 5.41) is 2.70. The van der Waals surface area contributed by atoms with Crippen LogP contribution in [-0.2, 0) is 17.4 Å². The number of nitrogens with one attached hydrogen (secondary N) is 1. The predicted octanol–water partition coefficient (Wildman–Crippen LogP) is 4.67. The summed E-state index contributed by atoms with van der Waals surface area (Å²) < 4.78 is 39.1. The summed E-state index contributed by atoms with van der Waals surface area (Å²) in [5.41, 5.74) is 0.863. The fourth-order valence-electron chi connectivity index (χ4n) is 2.69. The minimum absolute atomic E-state index is 0.0119. The lowest BCUT2D eigenvalue weighted by molar-refractivity contribution is -0.137. The van der Waals surface area contributed by atoms with Crippen molar-refractivity contribution in [2.45, 2.75) is 46.3 Å². The number of carbonyl (C=O) groups excluding carboxylic acids is 2. The Morgan fingerprint density at radius 3 is 2.39 bits per heavy atom. The van der Waals surface area contributed by atoms with Crippen molar-refractivity contribution >= 4 is 11.7 Å². The van der Waals surface area contributed by atoms with Gasteiger partial charge in [0.1, 0.15) is 5.78 Å². The first-order valence-electron chi connectivity index (χ1n) is 8.94. The van der Waals surface area contributed by atoms with E-state index in [-0.39, 0.29) is 18.1 Å². The lowest BCUT2D eigenvalue weighted by atomic mass is 10.0. The molecule has 1 N–H and O–H groups in total. The predicted molar refractivity (Wildman–Crippen MR) is 99.8 cm³/mol. The number of Topliss-reactive ketones (excluding diaryl/α,β-unsaturated/α-hetero) is 1. The SMILES string of the molecule is Cc1cc([C@@H](C)NC(=O)c2ccnc(CC(=O)C(C)C)c2)cc(C(F)(F)F)c1. The Bertz CT molecular complexity index is 876. The minimum Gasteiger partial charge on any atom is -0.346 e. The number of hydrogen-bond acceptors (Lipinski definition) is 3. The highest BCUT2D eigenvalue weighted by atomic mass is 19.4. The Balaban J connectivity index is 2.17. The van der Waals surface area contributed by atoms with Crippen LogP contribution in [-0.4, -0.2) is 16.7 Å². The van der Waals surface area contributed by atoms with Crippen LogP contribution in [0, 0.1) is 12.8 Å². The molecular weight excluding hydrogens is 369 g/mol. The zero-order valence-corrected chi connectivity index (χ0v) is 16.2. The van der Waals surface area contributed by atoms with E-state index in [0.29, 0.717) is 22.4 Å². The van der Waals surface area contributed by atoms with Crippen molar-refractivity contribution in [2.24, 2.45) is 5.92 Å². The van der Waals surface area contributed by atoms with Gasteiger partial charge in [-0.15, -0.1) is 0 Å². The average molecular weight is 392 g/mol. The Hall–Kier alpha value is -2.70. The first-order chi connectivity index (χ1) is 13.0. The monoisotopic (exact) mass is 392 g/mol. The van der Waals surface area contributed by atoms with Crippen molar-refractivity contribution in [3.63, 3.8) is 0 Å². The summed E-state index contributed by atoms with van der Waals surface area (Å²) in [5.74, 6) is -0.565. The maximum Gasteiger partial charge on any atom is 0.416 e. The van der Waals surface area contributed by atoms with Crippen molar-refractivity contribution in [3.05, 3.63) is 64.5 Å². The number of benzene rings is 1. The summed E-state index contributed by atoms with van der Waals surface area (Å²) in [6.45, 7) is 6.78. The number of halogens is 3. The van der Waals surface area contributed by atoms with E-state index in [2.05, 4.69) is 10.3 Å². The molecule has 0 saturated carbocycles. The van der Waals surface area contributed by atoms with E-state index in [9.17, 15) is 22.8 Å². The van der Waals surface area contributed by atoms with Gasteiger partial charge in [0.25, 0.3) is 5.91 Å². The van der Waals surface area contributed by atoms with Crippen molar-refractivity contribution in [1.29, 1.82) is 0 Å². The molecule has 0 aliphatic heterocycles. The third-order valence-electron chi connectivity index (χ3n) is 4.35. The Morgan fingerprint density at radius 2 is 1.79 bits per heavy atom. The van der Waals surface area contributed by atoms with E-state index < -0.39 is 23.7 Å². The molecule has 1 aromatic heterocycles. The van der Waals surface area contributed by atoms with Crippen molar-refractivity contribution in [3.8, 4) is 0 Å². The molecule has 0 spiro atoms. The van der Waals surface area contributed by atoms with E-state index in [0.717, 1.165) is 12.1 Å². The molecule has 7 heteroatoms. The van der Waals surface area contributed by atoms with Gasteiger partial charge in [0, 0.05) is 29.8 Å². The number of aromatic nitrogens is 1. The standard InChI is InChI=1S/C21H23F3N2O2/c1-12(2)19(27)11-18-10-15(5-6-25-18)20(28)26-14(4)16-7-13(3)8-17(9-16)21(22,23)24/h5-10,12,14H,11H2,1-4H3,(H,26,28)/t14-/m1/s1. The molecule has 2 rings (SSSR count). The summed E-state index contributed by atoms with van der Waals surface area (Å²) in [6, 6.07) is 6.13. The largest absolute Gasteiger partial charge is 0.416 e. The zero-order chi connectivity index (χ0) is 21.1. The summed E-state index contributed by atoms with van der Waals surface area (Å²) >= 11 is 0. The van der Waals surface area contributed by atoms with Gasteiger partial charge in [0.2, 0.25) is 0 Å². The first-order valence-corrected chi connectivity index (χ1v) is 8.94. The van der Waals surface area contributed by atoms with Gasteiger partial charge in [0.05, 0.1) is 11.6 Å². The van der Waals surface area contributed by atoms with Gasteiger partial charge in [-0.1, -0.05) is 25.5 Å². The Kier molecular flexibility index (Phi) is 6.59. The molecule has 0 unspecified atom stereocenters. The molecule has 0 fully saturated rings. The van der Waals surface area contributed by atoms with Gasteiger partial charge >= 0.3 is 6.18 Å². The second-order valence-corrected chi connectivity index (χ2v) is 7.16. The van der Waals surface area contributed by atoms with Crippen LogP contribution in [0.3, 0.4) is 0 Å². The van der Waals surface area contributed by atoms with E-state index >= 15 is 0 Å². The van der Waals surface area contributed by atoms with Gasteiger partial charge < -0.3 is 5.32 Å². The number of alkyl halides is 3. The fourth-order valence-corrected chi connectivity index (χ4v) is 2.69. The Morgan fingerprint density at radius 1 is 1.11 bits per heavy atom. The van der Waals surface area contributed by atoms with Crippen molar-refractivity contribution < 1.29 is 22.8 Å². The van der Waals surface area contributed by atoms with E-state index in [1.54, 1.807) is 33.8 Å². The molecule has 1 atom stereocenters. The molecule has 0 saturated heterocycles. The molecule has 1 amide bonds. The van der Waals surface area contributed by atoms with Gasteiger partial charge in [0.15, 0.2) is 0 Å². The third-order valence-corrected chi connectivity index (χ3v) is 4.35. The summed E-state index contributed by atoms with van der Waals surface area (Å²) in [7, 11) is 0. The number of ketones is 1. The Labute approximate surface area is 162 Å². The highest BCUT2D eigenvalue weighted by Gasteiger charge is 2.31. The molecule has 0 aliphatic rings. The van der Waals surface area contributed by atoms with Gasteiger partial charge in [-0.2, -0.15) is 13.2 Å². The molecule has 4 nitrogen and oxygen atoms in total. The highest BCUT2D eigenvalue weighted by molar-refractivity contribution is 5.94. The van der Waals surface area contributed by atoms with E-state index in [1.165, 1.54) is 18.3 Å². The van der Waals surface area contributed by atoms with E-state index in [4.69, 9.17) is 0 Å². The highest BCUT2D eigenvalue weighted by Crippen LogP contribution is 2.32. The van der Waals surface area contributed by atoms with Crippen LogP contribution < -0.4 is 5.32 Å². The number of nitrogens with zero attached hydrogens (tertiary/aromatic N) is 1. The minimum atomic E-state index is -4.45. The lowest BCUT2D eigenvalue weighted by Crippen LogP contribution is -2.27. The summed E-state index contributed by atoms with van der Waals surface area (Å²) in [6.07, 6.45) is -2.88. The van der Waals surface area contributed by atoms with Crippen LogP contribution in [0.25, 0.3) is 0 Å². The maximum atomic E-state index is 13.0. The quantitative estimate of drug-likeness (QED) is 0.777. The maximum absolute atomic E-state index is 13.0. The molecular formula is C21H23F3N2O2. The topological polar surface area (TPSA) is 59.1 Å². The number of rotatable bonds is 6. The van der Waals surface area contributed by atoms with Crippen LogP contribution in [0.1, 0.15) is 59.6 Å². The normalized spacial score (nSPS) is 12.7. The molecule has 150 valence electrons. The molecule has 2 aromatic rings. The number of pyridine rings is 1. The van der Waals surface area contributed by atoms with Crippen LogP contribution in [0.2, 0.25) is 0 Å². The second kappa shape index (κ2) is 8.54. The molecule has 0 bridgehead atoms. The molecule has 0 radical (unpaired) electrons. The number of carbonyl (C=O) groups is 2. The first kappa shape index (κ1) is 21.6. The molecule has 1 aromatic carbocycles. The second-order valence-electron chi connectivity index (χ2n) is 7.16. The van der Waals surface area contributed by atoms with Crippen molar-refractivity contribution in [1.82, 2.24) is 10.3 Å². The molecule has 28 heavy (non-hydrogen) atoms. The van der Waals surface area contributed by atoms with Crippen LogP contribution in [0.15, 0.2) is 36.5 Å². The zero-order valence-electron chi connectivity index (χ0n) is 16.2. The van der Waals surface area contributed by atoms with Crippen molar-refractivity contribution in [2.75, 3.05) is 0 Å². The number of amides is 1. The van der Waals surface area contributed by atoms with Crippen LogP contribution >= 0.6 is 0 Å². The van der Waals surface area contributed by atoms with Gasteiger partial charge in [-0.25, -0.2) is 0 Å². The number of hydrogen-bond donors (Lipinski definition) is 1. The van der Waals surface area contributed by atoms with E-state index in [1.807, 2.05) is 0 Å². The van der Waals surface area contributed by atoms with Gasteiger partial charge in [-0.3, -0.25) is 14.6 Å². The third kappa shape index (κ3) is 5.65. The number of aryl methyl sites for hydroxylation is 1. The van der Waals surface area contributed by atoms with Gasteiger partial charge in [-0.05, 0) is 43.7 Å². The van der Waals surface area contributed by atoms with Crippen LogP contribution in [0.5, 0.6) is 0 Å². The molecule has 0 aliphatic carbocycles. The lowest BCUT2D eigenvalue weighted by Gasteiger charge is -2.17. The molecule has 1 heterocycles. The smallest absolute Gasteiger partial charge is 0.346 e. The average Bonchev–Trinajstić information content (AvgIpc) is 2.60. The summed E-state index contributed by atoms with van der Waals surface area (Å²) in [4.78, 5) is 28.5.